The lowest BCUT2D eigenvalue weighted by Gasteiger charge is -2.35. The van der Waals surface area contributed by atoms with Crippen molar-refractivity contribution in [2.24, 2.45) is 0 Å². The fourth-order valence-corrected chi connectivity index (χ4v) is 3.11. The molecule has 6 nitrogen and oxygen atoms in total. The van der Waals surface area contributed by atoms with E-state index in [1.807, 2.05) is 31.2 Å². The summed E-state index contributed by atoms with van der Waals surface area (Å²) >= 11 is 0. The summed E-state index contributed by atoms with van der Waals surface area (Å²) in [4.78, 5) is 11.0. The van der Waals surface area contributed by atoms with Gasteiger partial charge in [0.1, 0.15) is 17.8 Å². The van der Waals surface area contributed by atoms with Crippen molar-refractivity contribution in [3.8, 4) is 5.75 Å². The van der Waals surface area contributed by atoms with Gasteiger partial charge in [-0.25, -0.2) is 9.97 Å². The molecule has 0 spiro atoms. The third kappa shape index (κ3) is 3.37. The molecule has 0 saturated carbocycles. The number of para-hydroxylation sites is 2. The summed E-state index contributed by atoms with van der Waals surface area (Å²) in [6, 6.07) is 8.22. The van der Waals surface area contributed by atoms with Crippen LogP contribution in [0.15, 0.2) is 30.6 Å². The van der Waals surface area contributed by atoms with E-state index < -0.39 is 0 Å². The number of hydrogen-bond donors (Lipinski definition) is 2. The van der Waals surface area contributed by atoms with Crippen molar-refractivity contribution in [3.05, 3.63) is 30.6 Å². The van der Waals surface area contributed by atoms with Gasteiger partial charge < -0.3 is 20.7 Å². The van der Waals surface area contributed by atoms with Crippen molar-refractivity contribution in [2.75, 3.05) is 29.1 Å². The van der Waals surface area contributed by atoms with E-state index in [-0.39, 0.29) is 0 Å². The summed E-state index contributed by atoms with van der Waals surface area (Å²) in [5, 5.41) is 3.29. The van der Waals surface area contributed by atoms with Gasteiger partial charge in [-0.2, -0.15) is 0 Å². The topological polar surface area (TPSA) is 76.3 Å². The standard InChI is InChI=1S/C18H25N5O/c1-3-24-15-10-5-4-9-14(15)22-17-16(19)18(21-12-20-17)23-11-7-6-8-13(23)2/h4-5,9-10,12-13H,3,6-8,11,19H2,1-2H3,(H,20,21,22). The predicted molar refractivity (Wildman–Crippen MR) is 98.0 cm³/mol. The number of piperidine rings is 1. The van der Waals surface area contributed by atoms with Gasteiger partial charge in [0.15, 0.2) is 11.6 Å². The third-order valence-electron chi connectivity index (χ3n) is 4.38. The van der Waals surface area contributed by atoms with Gasteiger partial charge in [0, 0.05) is 12.6 Å². The molecule has 1 aliphatic heterocycles. The number of anilines is 4. The van der Waals surface area contributed by atoms with Crippen LogP contribution < -0.4 is 20.7 Å². The van der Waals surface area contributed by atoms with E-state index in [0.29, 0.717) is 24.2 Å². The molecule has 1 aliphatic rings. The third-order valence-corrected chi connectivity index (χ3v) is 4.38. The lowest BCUT2D eigenvalue weighted by atomic mass is 10.0. The van der Waals surface area contributed by atoms with E-state index in [0.717, 1.165) is 23.8 Å². The van der Waals surface area contributed by atoms with Crippen molar-refractivity contribution in [1.29, 1.82) is 0 Å². The van der Waals surface area contributed by atoms with E-state index in [1.165, 1.54) is 19.3 Å². The first-order chi connectivity index (χ1) is 11.7. The van der Waals surface area contributed by atoms with Crippen LogP contribution in [-0.4, -0.2) is 29.2 Å². The first-order valence-corrected chi connectivity index (χ1v) is 8.56. The Kier molecular flexibility index (Phi) is 5.03. The summed E-state index contributed by atoms with van der Waals surface area (Å²) in [6.07, 6.45) is 5.16. The average molecular weight is 327 g/mol. The minimum atomic E-state index is 0.444. The van der Waals surface area contributed by atoms with Crippen LogP contribution in [0.4, 0.5) is 23.0 Å². The molecule has 2 heterocycles. The van der Waals surface area contributed by atoms with E-state index in [1.54, 1.807) is 6.33 Å². The van der Waals surface area contributed by atoms with Crippen LogP contribution in [0.1, 0.15) is 33.1 Å². The Bertz CT molecular complexity index is 691. The van der Waals surface area contributed by atoms with Crippen molar-refractivity contribution >= 4 is 23.0 Å². The Labute approximate surface area is 143 Å². The van der Waals surface area contributed by atoms with Crippen molar-refractivity contribution < 1.29 is 4.74 Å². The Balaban J connectivity index is 1.88. The monoisotopic (exact) mass is 327 g/mol. The van der Waals surface area contributed by atoms with Gasteiger partial charge in [0.25, 0.3) is 0 Å². The van der Waals surface area contributed by atoms with E-state index in [9.17, 15) is 0 Å². The zero-order valence-electron chi connectivity index (χ0n) is 14.3. The second kappa shape index (κ2) is 7.38. The Morgan fingerprint density at radius 2 is 2.12 bits per heavy atom. The van der Waals surface area contributed by atoms with Gasteiger partial charge in [-0.1, -0.05) is 12.1 Å². The lowest BCUT2D eigenvalue weighted by Crippen LogP contribution is -2.38. The summed E-state index contributed by atoms with van der Waals surface area (Å²) in [5.74, 6) is 2.21. The largest absolute Gasteiger partial charge is 0.492 e. The highest BCUT2D eigenvalue weighted by Crippen LogP contribution is 2.34. The summed E-state index contributed by atoms with van der Waals surface area (Å²) in [7, 11) is 0. The van der Waals surface area contributed by atoms with Crippen LogP contribution in [-0.2, 0) is 0 Å². The minimum absolute atomic E-state index is 0.444. The van der Waals surface area contributed by atoms with E-state index >= 15 is 0 Å². The molecule has 0 bridgehead atoms. The van der Waals surface area contributed by atoms with Crippen LogP contribution in [0.5, 0.6) is 5.75 Å². The number of nitrogens with two attached hydrogens (primary N) is 1. The highest BCUT2D eigenvalue weighted by molar-refractivity contribution is 5.79. The Morgan fingerprint density at radius 1 is 1.29 bits per heavy atom. The fraction of sp³-hybridized carbons (Fsp3) is 0.444. The normalized spacial score (nSPS) is 17.6. The number of aromatic nitrogens is 2. The van der Waals surface area contributed by atoms with Crippen LogP contribution in [0, 0.1) is 0 Å². The van der Waals surface area contributed by atoms with Crippen LogP contribution in [0.3, 0.4) is 0 Å². The summed E-state index contributed by atoms with van der Waals surface area (Å²) in [6.45, 7) is 5.77. The fourth-order valence-electron chi connectivity index (χ4n) is 3.11. The molecule has 1 fully saturated rings. The number of nitrogens with zero attached hydrogens (tertiary/aromatic N) is 3. The molecule has 24 heavy (non-hydrogen) atoms. The van der Waals surface area contributed by atoms with Gasteiger partial charge in [-0.15, -0.1) is 0 Å². The van der Waals surface area contributed by atoms with E-state index in [2.05, 4.69) is 27.1 Å². The summed E-state index contributed by atoms with van der Waals surface area (Å²) < 4.78 is 5.66. The molecule has 1 aromatic heterocycles. The van der Waals surface area contributed by atoms with Gasteiger partial charge >= 0.3 is 0 Å². The molecular formula is C18H25N5O. The molecule has 1 atom stereocenters. The molecule has 6 heteroatoms. The quantitative estimate of drug-likeness (QED) is 0.874. The van der Waals surface area contributed by atoms with Gasteiger partial charge in [0.05, 0.1) is 12.3 Å². The molecule has 0 amide bonds. The average Bonchev–Trinajstić information content (AvgIpc) is 2.59. The molecule has 3 N–H and O–H groups in total. The number of benzene rings is 1. The van der Waals surface area contributed by atoms with Crippen molar-refractivity contribution in [1.82, 2.24) is 9.97 Å². The maximum Gasteiger partial charge on any atom is 0.159 e. The highest BCUT2D eigenvalue weighted by atomic mass is 16.5. The van der Waals surface area contributed by atoms with Crippen LogP contribution in [0.2, 0.25) is 0 Å². The molecule has 1 saturated heterocycles. The minimum Gasteiger partial charge on any atom is -0.492 e. The van der Waals surface area contributed by atoms with Crippen LogP contribution in [0.25, 0.3) is 0 Å². The number of ether oxygens (including phenoxy) is 1. The molecule has 0 aliphatic carbocycles. The summed E-state index contributed by atoms with van der Waals surface area (Å²) in [5.41, 5.74) is 7.81. The van der Waals surface area contributed by atoms with Crippen LogP contribution >= 0.6 is 0 Å². The van der Waals surface area contributed by atoms with Gasteiger partial charge in [0.2, 0.25) is 0 Å². The first kappa shape index (κ1) is 16.4. The van der Waals surface area contributed by atoms with Gasteiger partial charge in [-0.05, 0) is 45.2 Å². The second-order valence-corrected chi connectivity index (χ2v) is 6.05. The number of nitrogen functional groups attached to an aromatic ring is 1. The molecule has 3 rings (SSSR count). The maximum atomic E-state index is 6.38. The number of nitrogens with one attached hydrogen (secondary N) is 1. The Morgan fingerprint density at radius 3 is 2.92 bits per heavy atom. The zero-order valence-corrected chi connectivity index (χ0v) is 14.3. The van der Waals surface area contributed by atoms with Crippen molar-refractivity contribution in [2.45, 2.75) is 39.2 Å². The lowest BCUT2D eigenvalue weighted by molar-refractivity contribution is 0.342. The SMILES string of the molecule is CCOc1ccccc1Nc1ncnc(N2CCCCC2C)c1N. The molecule has 1 unspecified atom stereocenters. The molecular weight excluding hydrogens is 302 g/mol. The predicted octanol–water partition coefficient (Wildman–Crippen LogP) is 3.58. The molecule has 128 valence electrons. The first-order valence-electron chi connectivity index (χ1n) is 8.56. The maximum absolute atomic E-state index is 6.38. The zero-order chi connectivity index (χ0) is 16.9. The second-order valence-electron chi connectivity index (χ2n) is 6.05. The van der Waals surface area contributed by atoms with Gasteiger partial charge in [-0.3, -0.25) is 0 Å². The molecule has 2 aromatic rings. The molecule has 0 radical (unpaired) electrons. The number of rotatable bonds is 5. The number of hydrogen-bond acceptors (Lipinski definition) is 6. The smallest absolute Gasteiger partial charge is 0.159 e. The van der Waals surface area contributed by atoms with E-state index in [4.69, 9.17) is 10.5 Å². The molecule has 1 aromatic carbocycles. The Hall–Kier alpha value is -2.50. The van der Waals surface area contributed by atoms with Crippen molar-refractivity contribution in [3.63, 3.8) is 0 Å². The highest BCUT2D eigenvalue weighted by Gasteiger charge is 2.23.